The van der Waals surface area contributed by atoms with Crippen LogP contribution < -0.4 is 10.6 Å². The van der Waals surface area contributed by atoms with Crippen LogP contribution in [0.3, 0.4) is 0 Å². The molecule has 0 radical (unpaired) electrons. The lowest BCUT2D eigenvalue weighted by atomic mass is 9.95. The third-order valence-corrected chi connectivity index (χ3v) is 5.88. The first-order valence-electron chi connectivity index (χ1n) is 10.9. The molecule has 146 valence electrons. The van der Waals surface area contributed by atoms with E-state index in [2.05, 4.69) is 66.1 Å². The summed E-state index contributed by atoms with van der Waals surface area (Å²) in [4.78, 5) is 0. The quantitative estimate of drug-likeness (QED) is 0.535. The number of piperidine rings is 1. The van der Waals surface area contributed by atoms with Gasteiger partial charge in [0.2, 0.25) is 0 Å². The highest BCUT2D eigenvalue weighted by Gasteiger charge is 2.12. The fourth-order valence-corrected chi connectivity index (χ4v) is 4.03. The molecule has 0 aliphatic carbocycles. The molecule has 2 N–H and O–H groups in total. The van der Waals surface area contributed by atoms with Crippen LogP contribution in [0.25, 0.3) is 0 Å². The third-order valence-electron chi connectivity index (χ3n) is 5.88. The molecule has 0 bridgehead atoms. The van der Waals surface area contributed by atoms with Gasteiger partial charge in [0.05, 0.1) is 0 Å². The predicted molar refractivity (Wildman–Crippen MR) is 118 cm³/mol. The molecule has 3 rings (SSSR count). The minimum Gasteiger partial charge on any atom is -0.385 e. The summed E-state index contributed by atoms with van der Waals surface area (Å²) in [6.07, 6.45) is 9.99. The number of unbranched alkanes of at least 4 members (excludes halogenated alkanes) is 1. The van der Waals surface area contributed by atoms with Crippen LogP contribution >= 0.6 is 0 Å². The van der Waals surface area contributed by atoms with E-state index in [9.17, 15) is 0 Å². The molecule has 0 amide bonds. The first kappa shape index (κ1) is 19.9. The first-order valence-corrected chi connectivity index (χ1v) is 10.9. The molecule has 1 aliphatic heterocycles. The molecular weight excluding hydrogens is 328 g/mol. The van der Waals surface area contributed by atoms with Crippen LogP contribution in [-0.4, -0.2) is 19.6 Å². The van der Waals surface area contributed by atoms with Crippen LogP contribution in [0.2, 0.25) is 0 Å². The molecule has 0 aromatic heterocycles. The maximum absolute atomic E-state index is 3.64. The molecule has 0 saturated carbocycles. The topological polar surface area (TPSA) is 24.1 Å². The lowest BCUT2D eigenvalue weighted by Crippen LogP contribution is -2.28. The molecule has 2 aromatic rings. The van der Waals surface area contributed by atoms with E-state index >= 15 is 0 Å². The van der Waals surface area contributed by atoms with E-state index in [1.807, 2.05) is 0 Å². The van der Waals surface area contributed by atoms with Crippen molar-refractivity contribution < 1.29 is 0 Å². The van der Waals surface area contributed by atoms with Crippen molar-refractivity contribution in [3.8, 4) is 0 Å². The van der Waals surface area contributed by atoms with Gasteiger partial charge in [-0.2, -0.15) is 0 Å². The summed E-state index contributed by atoms with van der Waals surface area (Å²) >= 11 is 0. The van der Waals surface area contributed by atoms with Gasteiger partial charge in [-0.3, -0.25) is 0 Å². The Kier molecular flexibility index (Phi) is 8.23. The van der Waals surface area contributed by atoms with E-state index in [1.54, 1.807) is 0 Å². The van der Waals surface area contributed by atoms with Crippen LogP contribution in [0.5, 0.6) is 0 Å². The predicted octanol–water partition coefficient (Wildman–Crippen LogP) is 5.62. The van der Waals surface area contributed by atoms with E-state index in [1.165, 1.54) is 80.4 Å². The van der Waals surface area contributed by atoms with Gasteiger partial charge in [-0.15, -0.1) is 0 Å². The fourth-order valence-electron chi connectivity index (χ4n) is 4.03. The zero-order valence-electron chi connectivity index (χ0n) is 17.0. The molecule has 1 aliphatic rings. The van der Waals surface area contributed by atoms with Gasteiger partial charge in [0.1, 0.15) is 0 Å². The molecule has 1 saturated heterocycles. The smallest absolute Gasteiger partial charge is 0.0342 e. The Labute approximate surface area is 165 Å². The van der Waals surface area contributed by atoms with Crippen LogP contribution in [0.1, 0.15) is 55.7 Å². The minimum absolute atomic E-state index is 0.897. The Morgan fingerprint density at radius 2 is 1.59 bits per heavy atom. The number of nitrogens with one attached hydrogen (secondary N) is 2. The van der Waals surface area contributed by atoms with Gasteiger partial charge >= 0.3 is 0 Å². The lowest BCUT2D eigenvalue weighted by molar-refractivity contribution is 0.361. The molecule has 0 spiro atoms. The van der Waals surface area contributed by atoms with Crippen molar-refractivity contribution in [2.45, 2.75) is 58.3 Å². The summed E-state index contributed by atoms with van der Waals surface area (Å²) in [5.41, 5.74) is 5.66. The van der Waals surface area contributed by atoms with Gasteiger partial charge in [-0.25, -0.2) is 0 Å². The summed E-state index contributed by atoms with van der Waals surface area (Å²) in [6, 6.07) is 18.2. The average molecular weight is 365 g/mol. The van der Waals surface area contributed by atoms with Crippen LogP contribution in [0, 0.1) is 5.92 Å². The van der Waals surface area contributed by atoms with Crippen LogP contribution in [-0.2, 0) is 19.3 Å². The summed E-state index contributed by atoms with van der Waals surface area (Å²) in [5, 5.41) is 7.09. The molecular formula is C25H36N2. The van der Waals surface area contributed by atoms with E-state index in [-0.39, 0.29) is 0 Å². The SMILES string of the molecule is CCc1ccc(CCCCc2cccc(NCCC3CCNCC3)c2)cc1. The molecule has 1 heterocycles. The Bertz CT molecular complexity index is 656. The lowest BCUT2D eigenvalue weighted by Gasteiger charge is -2.22. The van der Waals surface area contributed by atoms with Gasteiger partial charge in [-0.05, 0) is 99.2 Å². The standard InChI is InChI=1S/C25H36N2/c1-2-21-10-12-22(13-11-21)6-3-4-7-24-8-5-9-25(20-24)27-19-16-23-14-17-26-18-15-23/h5,8-13,20,23,26-27H,2-4,6-7,14-19H2,1H3. The first-order chi connectivity index (χ1) is 13.3. The van der Waals surface area contributed by atoms with Gasteiger partial charge in [0, 0.05) is 12.2 Å². The second kappa shape index (κ2) is 11.1. The van der Waals surface area contributed by atoms with Crippen molar-refractivity contribution in [2.24, 2.45) is 5.92 Å². The third kappa shape index (κ3) is 7.03. The van der Waals surface area contributed by atoms with Gasteiger partial charge < -0.3 is 10.6 Å². The second-order valence-corrected chi connectivity index (χ2v) is 7.99. The van der Waals surface area contributed by atoms with Gasteiger partial charge in [-0.1, -0.05) is 43.3 Å². The molecule has 2 nitrogen and oxygen atoms in total. The van der Waals surface area contributed by atoms with Crippen LogP contribution in [0.15, 0.2) is 48.5 Å². The Morgan fingerprint density at radius 3 is 2.33 bits per heavy atom. The van der Waals surface area contributed by atoms with Crippen molar-refractivity contribution in [1.82, 2.24) is 5.32 Å². The van der Waals surface area contributed by atoms with Crippen molar-refractivity contribution in [3.05, 3.63) is 65.2 Å². The van der Waals surface area contributed by atoms with Crippen molar-refractivity contribution >= 4 is 5.69 Å². The summed E-state index contributed by atoms with van der Waals surface area (Å²) < 4.78 is 0. The largest absolute Gasteiger partial charge is 0.385 e. The van der Waals surface area contributed by atoms with E-state index < -0.39 is 0 Å². The highest BCUT2D eigenvalue weighted by atomic mass is 14.9. The zero-order chi connectivity index (χ0) is 18.7. The maximum Gasteiger partial charge on any atom is 0.0342 e. The number of hydrogen-bond donors (Lipinski definition) is 2. The van der Waals surface area contributed by atoms with Crippen molar-refractivity contribution in [2.75, 3.05) is 25.0 Å². The van der Waals surface area contributed by atoms with Gasteiger partial charge in [0.15, 0.2) is 0 Å². The number of aryl methyl sites for hydroxylation is 3. The average Bonchev–Trinajstić information content (AvgIpc) is 2.73. The Hall–Kier alpha value is -1.80. The molecule has 2 heteroatoms. The highest BCUT2D eigenvalue weighted by Crippen LogP contribution is 2.18. The van der Waals surface area contributed by atoms with E-state index in [0.29, 0.717) is 0 Å². The molecule has 27 heavy (non-hydrogen) atoms. The number of hydrogen-bond acceptors (Lipinski definition) is 2. The summed E-state index contributed by atoms with van der Waals surface area (Å²) in [5.74, 6) is 0.897. The molecule has 1 fully saturated rings. The second-order valence-electron chi connectivity index (χ2n) is 7.99. The Morgan fingerprint density at radius 1 is 0.889 bits per heavy atom. The highest BCUT2D eigenvalue weighted by molar-refractivity contribution is 5.45. The Balaban J connectivity index is 1.35. The zero-order valence-corrected chi connectivity index (χ0v) is 17.0. The van der Waals surface area contributed by atoms with Crippen LogP contribution in [0.4, 0.5) is 5.69 Å². The summed E-state index contributed by atoms with van der Waals surface area (Å²) in [6.45, 7) is 5.71. The fraction of sp³-hybridized carbons (Fsp3) is 0.520. The minimum atomic E-state index is 0.897. The normalized spacial score (nSPS) is 15.0. The number of anilines is 1. The monoisotopic (exact) mass is 364 g/mol. The number of benzene rings is 2. The maximum atomic E-state index is 3.64. The molecule has 0 atom stereocenters. The van der Waals surface area contributed by atoms with Crippen molar-refractivity contribution in [1.29, 1.82) is 0 Å². The summed E-state index contributed by atoms with van der Waals surface area (Å²) in [7, 11) is 0. The van der Waals surface area contributed by atoms with Crippen molar-refractivity contribution in [3.63, 3.8) is 0 Å². The molecule has 2 aromatic carbocycles. The van der Waals surface area contributed by atoms with E-state index in [4.69, 9.17) is 0 Å². The van der Waals surface area contributed by atoms with E-state index in [0.717, 1.165) is 18.9 Å². The number of rotatable bonds is 10. The molecule has 0 unspecified atom stereocenters. The van der Waals surface area contributed by atoms with Gasteiger partial charge in [0.25, 0.3) is 0 Å².